The van der Waals surface area contributed by atoms with E-state index in [0.717, 1.165) is 32.1 Å². The minimum absolute atomic E-state index is 0. The van der Waals surface area contributed by atoms with E-state index in [1.807, 2.05) is 0 Å². The molecule has 1 aromatic rings. The van der Waals surface area contributed by atoms with Crippen LogP contribution >= 0.6 is 24.8 Å². The van der Waals surface area contributed by atoms with E-state index in [-0.39, 0.29) is 36.8 Å². The van der Waals surface area contributed by atoms with Crippen molar-refractivity contribution in [2.75, 3.05) is 32.7 Å². The van der Waals surface area contributed by atoms with Crippen LogP contribution in [0, 0.1) is 17.8 Å². The third kappa shape index (κ3) is 8.09. The molecule has 0 radical (unpaired) electrons. The molecule has 2 aliphatic heterocycles. The Balaban J connectivity index is 0.00000210. The number of nitrogens with zero attached hydrogens (tertiary/aromatic N) is 1. The number of nitrogens with one attached hydrogen (secondary N) is 2. The molecule has 1 aromatic carbocycles. The van der Waals surface area contributed by atoms with Crippen molar-refractivity contribution in [3.05, 3.63) is 35.9 Å². The molecule has 2 N–H and O–H groups in total. The highest BCUT2D eigenvalue weighted by Gasteiger charge is 2.26. The van der Waals surface area contributed by atoms with Crippen molar-refractivity contribution in [2.24, 2.45) is 17.8 Å². The number of likely N-dealkylation sites (tertiary alicyclic amines) is 1. The molecule has 0 bridgehead atoms. The number of carbonyl (C=O) groups excluding carboxylic acids is 1. The van der Waals surface area contributed by atoms with Crippen molar-refractivity contribution in [3.63, 3.8) is 0 Å². The zero-order valence-corrected chi connectivity index (χ0v) is 19.6. The van der Waals surface area contributed by atoms with E-state index in [2.05, 4.69) is 59.7 Å². The summed E-state index contributed by atoms with van der Waals surface area (Å²) >= 11 is 0. The summed E-state index contributed by atoms with van der Waals surface area (Å²) in [6.45, 7) is 9.74. The average molecular weight is 444 g/mol. The highest BCUT2D eigenvalue weighted by Crippen LogP contribution is 2.27. The molecule has 2 heterocycles. The van der Waals surface area contributed by atoms with Crippen LogP contribution in [0.4, 0.5) is 0 Å². The Morgan fingerprint density at radius 3 is 2.48 bits per heavy atom. The van der Waals surface area contributed by atoms with Gasteiger partial charge in [-0.05, 0) is 75.2 Å². The van der Waals surface area contributed by atoms with Gasteiger partial charge in [0.15, 0.2) is 0 Å². The van der Waals surface area contributed by atoms with Crippen molar-refractivity contribution < 1.29 is 4.79 Å². The lowest BCUT2D eigenvalue weighted by Crippen LogP contribution is -2.42. The molecule has 166 valence electrons. The Morgan fingerprint density at radius 1 is 1.17 bits per heavy atom. The lowest BCUT2D eigenvalue weighted by Gasteiger charge is -2.37. The van der Waals surface area contributed by atoms with Gasteiger partial charge in [0.25, 0.3) is 0 Å². The van der Waals surface area contributed by atoms with E-state index in [1.54, 1.807) is 0 Å². The van der Waals surface area contributed by atoms with Crippen LogP contribution in [-0.4, -0.2) is 43.5 Å². The average Bonchev–Trinajstić information content (AvgIpc) is 2.71. The predicted molar refractivity (Wildman–Crippen MR) is 126 cm³/mol. The molecule has 2 saturated heterocycles. The molecule has 4 nitrogen and oxygen atoms in total. The minimum atomic E-state index is 0. The van der Waals surface area contributed by atoms with Crippen molar-refractivity contribution in [2.45, 2.75) is 52.0 Å². The quantitative estimate of drug-likeness (QED) is 0.654. The fraction of sp³-hybridized carbons (Fsp3) is 0.696. The Kier molecular flexibility index (Phi) is 12.2. The molecule has 0 aromatic heterocycles. The van der Waals surface area contributed by atoms with E-state index in [9.17, 15) is 4.79 Å². The number of carbonyl (C=O) groups is 1. The first kappa shape index (κ1) is 26.2. The molecule has 2 aliphatic rings. The zero-order chi connectivity index (χ0) is 19.1. The van der Waals surface area contributed by atoms with Crippen LogP contribution in [0.15, 0.2) is 30.3 Å². The molecular formula is C23H39Cl2N3O. The Bertz CT molecular complexity index is 573. The van der Waals surface area contributed by atoms with Crippen LogP contribution in [0.25, 0.3) is 0 Å². The summed E-state index contributed by atoms with van der Waals surface area (Å²) in [5.74, 6) is 2.11. The Labute approximate surface area is 189 Å². The molecule has 3 atom stereocenters. The van der Waals surface area contributed by atoms with Gasteiger partial charge in [-0.2, -0.15) is 0 Å². The second-order valence-corrected chi connectivity index (χ2v) is 8.74. The maximum Gasteiger partial charge on any atom is 0.220 e. The van der Waals surface area contributed by atoms with Gasteiger partial charge in [0, 0.05) is 13.0 Å². The standard InChI is InChI=1S/C23H37N3O.2ClH/c1-18-10-13-26(14-11-18)22(20-7-4-3-5-8-20)17-25-23(27)15-19(2)21-9-6-12-24-16-21;;/h3-5,7-8,18-19,21-22,24H,6,9-17H2,1-2H3,(H,25,27);2*1H. The minimum Gasteiger partial charge on any atom is -0.354 e. The monoisotopic (exact) mass is 443 g/mol. The number of halogens is 2. The summed E-state index contributed by atoms with van der Waals surface area (Å²) in [6.07, 6.45) is 5.64. The van der Waals surface area contributed by atoms with Crippen LogP contribution in [0.2, 0.25) is 0 Å². The van der Waals surface area contributed by atoms with E-state index in [4.69, 9.17) is 0 Å². The maximum atomic E-state index is 12.6. The van der Waals surface area contributed by atoms with Gasteiger partial charge in [-0.25, -0.2) is 0 Å². The van der Waals surface area contributed by atoms with Gasteiger partial charge in [-0.3, -0.25) is 9.69 Å². The van der Waals surface area contributed by atoms with Crippen molar-refractivity contribution >= 4 is 30.7 Å². The number of rotatable bonds is 7. The van der Waals surface area contributed by atoms with Gasteiger partial charge in [-0.1, -0.05) is 44.2 Å². The van der Waals surface area contributed by atoms with Crippen LogP contribution < -0.4 is 10.6 Å². The first-order valence-corrected chi connectivity index (χ1v) is 10.9. The molecule has 29 heavy (non-hydrogen) atoms. The molecule has 0 saturated carbocycles. The number of hydrogen-bond donors (Lipinski definition) is 2. The van der Waals surface area contributed by atoms with Crippen LogP contribution in [-0.2, 0) is 4.79 Å². The highest BCUT2D eigenvalue weighted by molar-refractivity contribution is 5.85. The summed E-state index contributed by atoms with van der Waals surface area (Å²) in [6, 6.07) is 11.0. The van der Waals surface area contributed by atoms with Crippen molar-refractivity contribution in [3.8, 4) is 0 Å². The summed E-state index contributed by atoms with van der Waals surface area (Å²) in [4.78, 5) is 15.2. The van der Waals surface area contributed by atoms with Gasteiger partial charge >= 0.3 is 0 Å². The van der Waals surface area contributed by atoms with E-state index in [0.29, 0.717) is 24.8 Å². The largest absolute Gasteiger partial charge is 0.354 e. The first-order valence-electron chi connectivity index (χ1n) is 10.9. The fourth-order valence-electron chi connectivity index (χ4n) is 4.58. The summed E-state index contributed by atoms with van der Waals surface area (Å²) in [5.41, 5.74) is 1.32. The van der Waals surface area contributed by atoms with Crippen LogP contribution in [0.5, 0.6) is 0 Å². The van der Waals surface area contributed by atoms with Crippen molar-refractivity contribution in [1.82, 2.24) is 15.5 Å². The van der Waals surface area contributed by atoms with E-state index < -0.39 is 0 Å². The Hall–Kier alpha value is -0.810. The summed E-state index contributed by atoms with van der Waals surface area (Å²) < 4.78 is 0. The topological polar surface area (TPSA) is 44.4 Å². The molecule has 3 rings (SSSR count). The molecule has 1 amide bonds. The van der Waals surface area contributed by atoms with Gasteiger partial charge in [-0.15, -0.1) is 24.8 Å². The van der Waals surface area contributed by atoms with Gasteiger partial charge < -0.3 is 10.6 Å². The molecule has 3 unspecified atom stereocenters. The van der Waals surface area contributed by atoms with E-state index in [1.165, 1.54) is 31.2 Å². The molecule has 0 spiro atoms. The predicted octanol–water partition coefficient (Wildman–Crippen LogP) is 4.45. The lowest BCUT2D eigenvalue weighted by molar-refractivity contribution is -0.122. The van der Waals surface area contributed by atoms with E-state index >= 15 is 0 Å². The van der Waals surface area contributed by atoms with Crippen LogP contribution in [0.3, 0.4) is 0 Å². The fourth-order valence-corrected chi connectivity index (χ4v) is 4.58. The summed E-state index contributed by atoms with van der Waals surface area (Å²) in [7, 11) is 0. The van der Waals surface area contributed by atoms with Gasteiger partial charge in [0.2, 0.25) is 5.91 Å². The van der Waals surface area contributed by atoms with Crippen molar-refractivity contribution in [1.29, 1.82) is 0 Å². The number of benzene rings is 1. The summed E-state index contributed by atoms with van der Waals surface area (Å²) in [5, 5.41) is 6.73. The zero-order valence-electron chi connectivity index (χ0n) is 17.9. The highest BCUT2D eigenvalue weighted by atomic mass is 35.5. The third-order valence-corrected chi connectivity index (χ3v) is 6.58. The molecule has 2 fully saturated rings. The maximum absolute atomic E-state index is 12.6. The Morgan fingerprint density at radius 2 is 1.86 bits per heavy atom. The normalized spacial score (nSPS) is 22.6. The first-order chi connectivity index (χ1) is 13.1. The number of piperidine rings is 2. The van der Waals surface area contributed by atoms with Gasteiger partial charge in [0.05, 0.1) is 6.04 Å². The molecule has 6 heteroatoms. The van der Waals surface area contributed by atoms with Gasteiger partial charge in [0.1, 0.15) is 0 Å². The third-order valence-electron chi connectivity index (χ3n) is 6.58. The lowest BCUT2D eigenvalue weighted by atomic mass is 9.85. The molecular weight excluding hydrogens is 405 g/mol. The second-order valence-electron chi connectivity index (χ2n) is 8.74. The number of hydrogen-bond acceptors (Lipinski definition) is 3. The number of amides is 1. The van der Waals surface area contributed by atoms with Crippen LogP contribution in [0.1, 0.15) is 57.6 Å². The smallest absolute Gasteiger partial charge is 0.220 e. The molecule has 0 aliphatic carbocycles. The SMILES string of the molecule is CC1CCN(C(CNC(=O)CC(C)C2CCCNC2)c2ccccc2)CC1.Cl.Cl. The second kappa shape index (κ2) is 13.5.